The predicted octanol–water partition coefficient (Wildman–Crippen LogP) is 5.89. The van der Waals surface area contributed by atoms with Crippen LogP contribution in [0.25, 0.3) is 0 Å². The number of rotatable bonds is 5. The number of hydrogen-bond donors (Lipinski definition) is 0. The summed E-state index contributed by atoms with van der Waals surface area (Å²) in [6.07, 6.45) is 8.40. The maximum absolute atomic E-state index is 2.53. The first-order chi connectivity index (χ1) is 9.70. The Bertz CT molecular complexity index is 387. The Morgan fingerprint density at radius 3 is 2.43 bits per heavy atom. The topological polar surface area (TPSA) is 3.24 Å². The lowest BCUT2D eigenvalue weighted by Crippen LogP contribution is -2.24. The first kappa shape index (κ1) is 18.3. The Kier molecular flexibility index (Phi) is 6.56. The van der Waals surface area contributed by atoms with Gasteiger partial charge >= 0.3 is 0 Å². The van der Waals surface area contributed by atoms with Gasteiger partial charge in [0, 0.05) is 19.3 Å². The molecular formula is C20H37N. The minimum atomic E-state index is 0.268. The summed E-state index contributed by atoms with van der Waals surface area (Å²) in [5.41, 5.74) is 3.41. The van der Waals surface area contributed by atoms with Crippen molar-refractivity contribution in [2.24, 2.45) is 23.2 Å². The number of hydrogen-bond acceptors (Lipinski definition) is 1. The molecular weight excluding hydrogens is 254 g/mol. The highest BCUT2D eigenvalue weighted by atomic mass is 15.1. The summed E-state index contributed by atoms with van der Waals surface area (Å²) in [5, 5.41) is 0. The molecule has 1 unspecified atom stereocenters. The molecule has 0 spiro atoms. The third-order valence-electron chi connectivity index (χ3n) is 5.34. The van der Waals surface area contributed by atoms with Gasteiger partial charge in [-0.15, -0.1) is 0 Å². The van der Waals surface area contributed by atoms with Gasteiger partial charge in [0.25, 0.3) is 0 Å². The van der Waals surface area contributed by atoms with Crippen LogP contribution in [-0.4, -0.2) is 18.5 Å². The highest BCUT2D eigenvalue weighted by molar-refractivity contribution is 5.32. The molecule has 1 nitrogen and oxygen atoms in total. The Labute approximate surface area is 133 Å². The molecule has 1 aliphatic rings. The fraction of sp³-hybridized carbons (Fsp3) is 0.800. The summed E-state index contributed by atoms with van der Waals surface area (Å²) in [5.74, 6) is 2.27. The quantitative estimate of drug-likeness (QED) is 0.610. The van der Waals surface area contributed by atoms with Crippen molar-refractivity contribution in [3.63, 3.8) is 0 Å². The second-order valence-electron chi connectivity index (χ2n) is 8.13. The van der Waals surface area contributed by atoms with E-state index in [9.17, 15) is 0 Å². The van der Waals surface area contributed by atoms with E-state index in [2.05, 4.69) is 72.6 Å². The van der Waals surface area contributed by atoms with Crippen molar-refractivity contribution < 1.29 is 0 Å². The van der Waals surface area contributed by atoms with Gasteiger partial charge < -0.3 is 4.90 Å². The van der Waals surface area contributed by atoms with Gasteiger partial charge in [-0.1, -0.05) is 53.7 Å². The van der Waals surface area contributed by atoms with Crippen LogP contribution in [0, 0.1) is 23.2 Å². The lowest BCUT2D eigenvalue weighted by atomic mass is 9.71. The molecule has 0 bridgehead atoms. The molecule has 0 aromatic rings. The zero-order valence-electron chi connectivity index (χ0n) is 15.7. The van der Waals surface area contributed by atoms with E-state index in [-0.39, 0.29) is 5.41 Å². The minimum Gasteiger partial charge on any atom is -0.378 e. The molecule has 1 rings (SSSR count). The van der Waals surface area contributed by atoms with Crippen molar-refractivity contribution in [2.75, 3.05) is 13.6 Å². The molecule has 1 heterocycles. The fourth-order valence-corrected chi connectivity index (χ4v) is 3.69. The van der Waals surface area contributed by atoms with Gasteiger partial charge in [0.15, 0.2) is 0 Å². The summed E-state index contributed by atoms with van der Waals surface area (Å²) in [6, 6.07) is 0. The lowest BCUT2D eigenvalue weighted by Gasteiger charge is -2.33. The van der Waals surface area contributed by atoms with Crippen molar-refractivity contribution in [3.8, 4) is 0 Å². The molecule has 0 aliphatic carbocycles. The average Bonchev–Trinajstić information content (AvgIpc) is 2.44. The lowest BCUT2D eigenvalue weighted by molar-refractivity contribution is 0.274. The molecule has 1 aliphatic heterocycles. The standard InChI is InChI=1S/C20H37N/c1-9-10-18-19(14-16(4)13-15(2)3)21(8)12-11-17(5)20(18,6)7/h9-10,15-17H,11-14H2,1-8H3/b10-9-/t16?,17-/m1/s1. The van der Waals surface area contributed by atoms with Gasteiger partial charge in [0.05, 0.1) is 0 Å². The monoisotopic (exact) mass is 291 g/mol. The van der Waals surface area contributed by atoms with Crippen molar-refractivity contribution in [2.45, 2.75) is 67.7 Å². The Balaban J connectivity index is 3.18. The Morgan fingerprint density at radius 1 is 1.29 bits per heavy atom. The van der Waals surface area contributed by atoms with E-state index in [1.165, 1.54) is 25.8 Å². The molecule has 0 saturated carbocycles. The molecule has 0 N–H and O–H groups in total. The maximum Gasteiger partial charge on any atom is 0.0174 e. The second kappa shape index (κ2) is 7.51. The van der Waals surface area contributed by atoms with Crippen LogP contribution in [0.15, 0.2) is 23.4 Å². The zero-order chi connectivity index (χ0) is 16.2. The summed E-state index contributed by atoms with van der Waals surface area (Å²) in [6.45, 7) is 17.7. The zero-order valence-corrected chi connectivity index (χ0v) is 15.7. The van der Waals surface area contributed by atoms with Gasteiger partial charge in [-0.2, -0.15) is 0 Å². The molecule has 21 heavy (non-hydrogen) atoms. The van der Waals surface area contributed by atoms with Crippen LogP contribution in [-0.2, 0) is 0 Å². The van der Waals surface area contributed by atoms with Crippen molar-refractivity contribution in [3.05, 3.63) is 23.4 Å². The van der Waals surface area contributed by atoms with Crippen LogP contribution in [0.2, 0.25) is 0 Å². The molecule has 2 atom stereocenters. The maximum atomic E-state index is 2.53. The molecule has 122 valence electrons. The minimum absolute atomic E-state index is 0.268. The molecule has 1 heteroatoms. The number of allylic oxidation sites excluding steroid dienone is 4. The average molecular weight is 292 g/mol. The first-order valence-electron chi connectivity index (χ1n) is 8.77. The SMILES string of the molecule is C/C=C\C1=C(CC(C)CC(C)C)N(C)CC[C@@H](C)C1(C)C. The molecule has 0 saturated heterocycles. The van der Waals surface area contributed by atoms with Crippen molar-refractivity contribution >= 4 is 0 Å². The highest BCUT2D eigenvalue weighted by Crippen LogP contribution is 2.43. The van der Waals surface area contributed by atoms with E-state index in [4.69, 9.17) is 0 Å². The Hall–Kier alpha value is -0.720. The Morgan fingerprint density at radius 2 is 1.90 bits per heavy atom. The third-order valence-corrected chi connectivity index (χ3v) is 5.34. The van der Waals surface area contributed by atoms with Crippen LogP contribution in [0.1, 0.15) is 67.7 Å². The van der Waals surface area contributed by atoms with E-state index < -0.39 is 0 Å². The van der Waals surface area contributed by atoms with E-state index in [1.807, 2.05) is 0 Å². The number of nitrogens with zero attached hydrogens (tertiary/aromatic N) is 1. The van der Waals surface area contributed by atoms with Gasteiger partial charge in [-0.05, 0) is 54.9 Å². The molecule has 0 aromatic carbocycles. The summed E-state index contributed by atoms with van der Waals surface area (Å²) < 4.78 is 0. The summed E-state index contributed by atoms with van der Waals surface area (Å²) in [4.78, 5) is 2.53. The van der Waals surface area contributed by atoms with Crippen LogP contribution in [0.3, 0.4) is 0 Å². The molecule has 0 radical (unpaired) electrons. The second-order valence-corrected chi connectivity index (χ2v) is 8.13. The van der Waals surface area contributed by atoms with Gasteiger partial charge in [-0.25, -0.2) is 0 Å². The van der Waals surface area contributed by atoms with E-state index in [0.29, 0.717) is 0 Å². The van der Waals surface area contributed by atoms with E-state index in [0.717, 1.165) is 17.8 Å². The summed E-state index contributed by atoms with van der Waals surface area (Å²) >= 11 is 0. The van der Waals surface area contributed by atoms with Crippen molar-refractivity contribution in [1.82, 2.24) is 4.90 Å². The van der Waals surface area contributed by atoms with Crippen LogP contribution >= 0.6 is 0 Å². The van der Waals surface area contributed by atoms with Crippen molar-refractivity contribution in [1.29, 1.82) is 0 Å². The predicted molar refractivity (Wildman–Crippen MR) is 95.3 cm³/mol. The fourth-order valence-electron chi connectivity index (χ4n) is 3.69. The van der Waals surface area contributed by atoms with E-state index >= 15 is 0 Å². The highest BCUT2D eigenvalue weighted by Gasteiger charge is 2.34. The smallest absolute Gasteiger partial charge is 0.0174 e. The molecule has 0 aromatic heterocycles. The van der Waals surface area contributed by atoms with E-state index in [1.54, 1.807) is 11.3 Å². The van der Waals surface area contributed by atoms with Crippen LogP contribution in [0.5, 0.6) is 0 Å². The van der Waals surface area contributed by atoms with Gasteiger partial charge in [0.1, 0.15) is 0 Å². The third kappa shape index (κ3) is 4.63. The van der Waals surface area contributed by atoms with Crippen LogP contribution in [0.4, 0.5) is 0 Å². The molecule has 0 amide bonds. The first-order valence-corrected chi connectivity index (χ1v) is 8.77. The largest absolute Gasteiger partial charge is 0.378 e. The van der Waals surface area contributed by atoms with Gasteiger partial charge in [-0.3, -0.25) is 0 Å². The van der Waals surface area contributed by atoms with Gasteiger partial charge in [0.2, 0.25) is 0 Å². The summed E-state index contributed by atoms with van der Waals surface area (Å²) in [7, 11) is 2.29. The normalized spacial score (nSPS) is 24.8. The molecule has 0 fully saturated rings. The van der Waals surface area contributed by atoms with Crippen LogP contribution < -0.4 is 0 Å².